The molecule has 0 spiro atoms. The normalized spacial score (nSPS) is 25.8. The SMILES string of the molecule is CC(=N)/C(=C\NC1CC(CCCN)C1)C1CNc2ccccc2N1. The van der Waals surface area contributed by atoms with Gasteiger partial charge in [0.05, 0.1) is 17.4 Å². The maximum atomic E-state index is 8.13. The van der Waals surface area contributed by atoms with Crippen molar-refractivity contribution in [1.29, 1.82) is 5.41 Å². The highest BCUT2D eigenvalue weighted by atomic mass is 15.1. The molecular formula is C19H29N5. The number of hydrogen-bond donors (Lipinski definition) is 5. The topological polar surface area (TPSA) is 86.0 Å². The first-order chi connectivity index (χ1) is 11.7. The van der Waals surface area contributed by atoms with E-state index >= 15 is 0 Å². The average Bonchev–Trinajstić information content (AvgIpc) is 2.55. The van der Waals surface area contributed by atoms with Gasteiger partial charge in [-0.1, -0.05) is 12.1 Å². The summed E-state index contributed by atoms with van der Waals surface area (Å²) in [6.07, 6.45) is 6.88. The van der Waals surface area contributed by atoms with Gasteiger partial charge in [-0.3, -0.25) is 0 Å². The van der Waals surface area contributed by atoms with Crippen molar-refractivity contribution >= 4 is 17.1 Å². The molecule has 1 aliphatic carbocycles. The molecule has 24 heavy (non-hydrogen) atoms. The lowest BCUT2D eigenvalue weighted by atomic mass is 9.77. The van der Waals surface area contributed by atoms with Crippen LogP contribution in [-0.2, 0) is 0 Å². The molecule has 1 unspecified atom stereocenters. The maximum Gasteiger partial charge on any atom is 0.0718 e. The van der Waals surface area contributed by atoms with Crippen LogP contribution < -0.4 is 21.7 Å². The Kier molecular flexibility index (Phi) is 5.41. The van der Waals surface area contributed by atoms with Crippen LogP contribution in [0.5, 0.6) is 0 Å². The Morgan fingerprint density at radius 3 is 2.79 bits per heavy atom. The van der Waals surface area contributed by atoms with Gasteiger partial charge >= 0.3 is 0 Å². The van der Waals surface area contributed by atoms with Gasteiger partial charge in [-0.05, 0) is 57.2 Å². The summed E-state index contributed by atoms with van der Waals surface area (Å²) < 4.78 is 0. The molecule has 1 atom stereocenters. The molecule has 0 bridgehead atoms. The first kappa shape index (κ1) is 16.8. The molecule has 5 nitrogen and oxygen atoms in total. The van der Waals surface area contributed by atoms with Crippen molar-refractivity contribution in [3.8, 4) is 0 Å². The Labute approximate surface area is 144 Å². The van der Waals surface area contributed by atoms with E-state index in [4.69, 9.17) is 11.1 Å². The van der Waals surface area contributed by atoms with Gasteiger partial charge in [-0.15, -0.1) is 0 Å². The molecule has 0 amide bonds. The van der Waals surface area contributed by atoms with Crippen LogP contribution in [0.4, 0.5) is 11.4 Å². The van der Waals surface area contributed by atoms with Gasteiger partial charge in [0.1, 0.15) is 0 Å². The summed E-state index contributed by atoms with van der Waals surface area (Å²) in [5.41, 5.74) is 9.45. The van der Waals surface area contributed by atoms with Crippen LogP contribution in [0.15, 0.2) is 36.0 Å². The average molecular weight is 327 g/mol. The fourth-order valence-corrected chi connectivity index (χ4v) is 3.59. The van der Waals surface area contributed by atoms with E-state index in [0.717, 1.165) is 42.4 Å². The number of hydrogen-bond acceptors (Lipinski definition) is 5. The number of nitrogens with two attached hydrogens (primary N) is 1. The highest BCUT2D eigenvalue weighted by molar-refractivity contribution is 5.98. The molecule has 130 valence electrons. The van der Waals surface area contributed by atoms with E-state index < -0.39 is 0 Å². The number of para-hydroxylation sites is 2. The number of nitrogens with one attached hydrogen (secondary N) is 4. The van der Waals surface area contributed by atoms with Crippen LogP contribution in [-0.4, -0.2) is 30.9 Å². The van der Waals surface area contributed by atoms with E-state index in [-0.39, 0.29) is 6.04 Å². The summed E-state index contributed by atoms with van der Waals surface area (Å²) in [4.78, 5) is 0. The van der Waals surface area contributed by atoms with Crippen molar-refractivity contribution in [2.45, 2.75) is 44.7 Å². The smallest absolute Gasteiger partial charge is 0.0718 e. The predicted molar refractivity (Wildman–Crippen MR) is 102 cm³/mol. The van der Waals surface area contributed by atoms with Crippen molar-refractivity contribution in [3.05, 3.63) is 36.0 Å². The van der Waals surface area contributed by atoms with Gasteiger partial charge in [0.2, 0.25) is 0 Å². The van der Waals surface area contributed by atoms with Gasteiger partial charge < -0.3 is 27.1 Å². The van der Waals surface area contributed by atoms with Gasteiger partial charge in [0.25, 0.3) is 0 Å². The molecule has 1 aromatic carbocycles. The molecule has 1 fully saturated rings. The quantitative estimate of drug-likeness (QED) is 0.498. The monoisotopic (exact) mass is 327 g/mol. The number of anilines is 2. The van der Waals surface area contributed by atoms with Gasteiger partial charge in [0, 0.05) is 30.1 Å². The third kappa shape index (κ3) is 3.90. The Bertz CT molecular complexity index is 604. The van der Waals surface area contributed by atoms with Crippen LogP contribution in [0.3, 0.4) is 0 Å². The third-order valence-electron chi connectivity index (χ3n) is 5.09. The van der Waals surface area contributed by atoms with Crippen molar-refractivity contribution in [1.82, 2.24) is 5.32 Å². The molecule has 0 aromatic heterocycles. The van der Waals surface area contributed by atoms with E-state index in [1.165, 1.54) is 19.3 Å². The minimum Gasteiger partial charge on any atom is -0.388 e. The minimum atomic E-state index is 0.123. The van der Waals surface area contributed by atoms with E-state index in [1.807, 2.05) is 19.1 Å². The third-order valence-corrected chi connectivity index (χ3v) is 5.09. The summed E-state index contributed by atoms with van der Waals surface area (Å²) in [5.74, 6) is 0.824. The summed E-state index contributed by atoms with van der Waals surface area (Å²) >= 11 is 0. The Hall–Kier alpha value is -2.01. The molecule has 1 saturated carbocycles. The van der Waals surface area contributed by atoms with E-state index in [2.05, 4.69) is 34.3 Å². The van der Waals surface area contributed by atoms with Crippen LogP contribution in [0.2, 0.25) is 0 Å². The minimum absolute atomic E-state index is 0.123. The van der Waals surface area contributed by atoms with E-state index in [9.17, 15) is 0 Å². The number of rotatable bonds is 7. The molecule has 3 rings (SSSR count). The van der Waals surface area contributed by atoms with Gasteiger partial charge in [-0.2, -0.15) is 0 Å². The highest BCUT2D eigenvalue weighted by Crippen LogP contribution is 2.31. The molecule has 0 radical (unpaired) electrons. The maximum absolute atomic E-state index is 8.13. The van der Waals surface area contributed by atoms with Gasteiger partial charge in [0.15, 0.2) is 0 Å². The standard InChI is InChI=1S/C19H29N5/c1-13(21)16(11-22-15-9-14(10-15)5-4-8-20)19-12-23-17-6-2-3-7-18(17)24-19/h2-3,6-7,11,14-15,19,21-24H,4-5,8-10,12,20H2,1H3/b16-11+,21-13?. The first-order valence-electron chi connectivity index (χ1n) is 8.98. The van der Waals surface area contributed by atoms with Crippen molar-refractivity contribution in [2.75, 3.05) is 23.7 Å². The largest absolute Gasteiger partial charge is 0.388 e. The molecule has 0 saturated heterocycles. The van der Waals surface area contributed by atoms with Crippen LogP contribution in [0.1, 0.15) is 32.6 Å². The summed E-state index contributed by atoms with van der Waals surface area (Å²) in [7, 11) is 0. The molecule has 1 aromatic rings. The lowest BCUT2D eigenvalue weighted by molar-refractivity contribution is 0.223. The molecule has 2 aliphatic rings. The number of fused-ring (bicyclic) bond motifs is 1. The summed E-state index contributed by atoms with van der Waals surface area (Å²) in [5, 5.41) is 18.7. The zero-order chi connectivity index (χ0) is 16.9. The van der Waals surface area contributed by atoms with Gasteiger partial charge in [-0.25, -0.2) is 0 Å². The molecule has 6 N–H and O–H groups in total. The Balaban J connectivity index is 1.57. The van der Waals surface area contributed by atoms with Crippen molar-refractivity contribution in [2.24, 2.45) is 11.7 Å². The summed E-state index contributed by atoms with van der Waals surface area (Å²) in [6.45, 7) is 3.46. The van der Waals surface area contributed by atoms with E-state index in [1.54, 1.807) is 0 Å². The highest BCUT2D eigenvalue weighted by Gasteiger charge is 2.28. The lowest BCUT2D eigenvalue weighted by Gasteiger charge is -2.36. The van der Waals surface area contributed by atoms with Crippen LogP contribution in [0.25, 0.3) is 0 Å². The lowest BCUT2D eigenvalue weighted by Crippen LogP contribution is -2.41. The zero-order valence-electron chi connectivity index (χ0n) is 14.4. The van der Waals surface area contributed by atoms with Crippen molar-refractivity contribution < 1.29 is 0 Å². The fraction of sp³-hybridized carbons (Fsp3) is 0.526. The second-order valence-electron chi connectivity index (χ2n) is 6.98. The fourth-order valence-electron chi connectivity index (χ4n) is 3.59. The summed E-state index contributed by atoms with van der Waals surface area (Å²) in [6, 6.07) is 8.89. The Morgan fingerprint density at radius 1 is 1.33 bits per heavy atom. The molecule has 1 heterocycles. The first-order valence-corrected chi connectivity index (χ1v) is 8.98. The molecule has 1 aliphatic heterocycles. The molecule has 5 heteroatoms. The predicted octanol–water partition coefficient (Wildman–Crippen LogP) is 2.92. The molecular weight excluding hydrogens is 298 g/mol. The zero-order valence-corrected chi connectivity index (χ0v) is 14.4. The van der Waals surface area contributed by atoms with Crippen molar-refractivity contribution in [3.63, 3.8) is 0 Å². The van der Waals surface area contributed by atoms with E-state index in [0.29, 0.717) is 11.8 Å². The number of benzene rings is 1. The van der Waals surface area contributed by atoms with Crippen LogP contribution in [0, 0.1) is 11.3 Å². The van der Waals surface area contributed by atoms with Crippen LogP contribution >= 0.6 is 0 Å². The second kappa shape index (κ2) is 7.71. The second-order valence-corrected chi connectivity index (χ2v) is 6.98. The Morgan fingerprint density at radius 2 is 2.08 bits per heavy atom.